The van der Waals surface area contributed by atoms with Crippen molar-refractivity contribution < 1.29 is 0 Å². The van der Waals surface area contributed by atoms with Crippen molar-refractivity contribution in [3.63, 3.8) is 0 Å². The summed E-state index contributed by atoms with van der Waals surface area (Å²) in [6.45, 7) is 4.74. The van der Waals surface area contributed by atoms with Gasteiger partial charge in [0.1, 0.15) is 5.82 Å². The number of rotatable bonds is 4. The molecule has 21 heavy (non-hydrogen) atoms. The predicted molar refractivity (Wildman–Crippen MR) is 85.7 cm³/mol. The van der Waals surface area contributed by atoms with Crippen molar-refractivity contribution in [2.45, 2.75) is 6.54 Å². The molecule has 5 heteroatoms. The van der Waals surface area contributed by atoms with Gasteiger partial charge in [0, 0.05) is 44.6 Å². The highest BCUT2D eigenvalue weighted by Crippen LogP contribution is 2.18. The lowest BCUT2D eigenvalue weighted by atomic mass is 10.2. The molecule has 1 aliphatic heterocycles. The number of piperazine rings is 1. The van der Waals surface area contributed by atoms with Crippen molar-refractivity contribution in [1.29, 1.82) is 0 Å². The molecule has 5 nitrogen and oxygen atoms in total. The van der Waals surface area contributed by atoms with Crippen LogP contribution in [0.2, 0.25) is 0 Å². The summed E-state index contributed by atoms with van der Waals surface area (Å²) in [5, 5.41) is 3.11. The fourth-order valence-electron chi connectivity index (χ4n) is 2.65. The van der Waals surface area contributed by atoms with E-state index >= 15 is 0 Å². The molecule has 0 amide bonds. The van der Waals surface area contributed by atoms with Crippen LogP contribution in [0.25, 0.3) is 0 Å². The minimum Gasteiger partial charge on any atom is -0.368 e. The summed E-state index contributed by atoms with van der Waals surface area (Å²) in [5.41, 5.74) is 2.28. The molecule has 0 saturated carbocycles. The van der Waals surface area contributed by atoms with E-state index in [0.717, 1.165) is 44.2 Å². The van der Waals surface area contributed by atoms with Gasteiger partial charge in [-0.15, -0.1) is 0 Å². The van der Waals surface area contributed by atoms with Gasteiger partial charge in [-0.25, -0.2) is 4.98 Å². The van der Waals surface area contributed by atoms with Crippen LogP contribution in [0.5, 0.6) is 0 Å². The average molecular weight is 283 g/mol. The molecule has 3 rings (SSSR count). The predicted octanol–water partition coefficient (Wildman–Crippen LogP) is 1.52. The van der Waals surface area contributed by atoms with E-state index in [1.807, 2.05) is 19.4 Å². The Morgan fingerprint density at radius 1 is 1.00 bits per heavy atom. The first-order chi connectivity index (χ1) is 10.4. The van der Waals surface area contributed by atoms with Crippen molar-refractivity contribution in [3.05, 3.63) is 48.4 Å². The second-order valence-electron chi connectivity index (χ2n) is 5.21. The van der Waals surface area contributed by atoms with Crippen molar-refractivity contribution in [2.24, 2.45) is 0 Å². The van der Waals surface area contributed by atoms with Crippen molar-refractivity contribution in [1.82, 2.24) is 15.3 Å². The van der Waals surface area contributed by atoms with E-state index in [4.69, 9.17) is 0 Å². The van der Waals surface area contributed by atoms with Crippen LogP contribution >= 0.6 is 0 Å². The monoisotopic (exact) mass is 283 g/mol. The molecule has 0 unspecified atom stereocenters. The second-order valence-corrected chi connectivity index (χ2v) is 5.21. The highest BCUT2D eigenvalue weighted by molar-refractivity contribution is 5.48. The van der Waals surface area contributed by atoms with Gasteiger partial charge in [-0.1, -0.05) is 18.2 Å². The Morgan fingerprint density at radius 3 is 2.43 bits per heavy atom. The zero-order chi connectivity index (χ0) is 14.5. The molecule has 0 bridgehead atoms. The molecule has 0 aliphatic carbocycles. The molecule has 1 saturated heterocycles. The number of hydrogen-bond acceptors (Lipinski definition) is 5. The molecule has 1 aromatic carbocycles. The van der Waals surface area contributed by atoms with Gasteiger partial charge in [0.15, 0.2) is 0 Å². The Bertz CT molecular complexity index is 564. The number of anilines is 2. The second kappa shape index (κ2) is 6.54. The number of aromatic nitrogens is 2. The van der Waals surface area contributed by atoms with Crippen molar-refractivity contribution >= 4 is 11.5 Å². The number of hydrogen-bond donors (Lipinski definition) is 1. The molecule has 0 spiro atoms. The van der Waals surface area contributed by atoms with Gasteiger partial charge in [-0.3, -0.25) is 4.98 Å². The van der Waals surface area contributed by atoms with E-state index in [1.165, 1.54) is 5.69 Å². The van der Waals surface area contributed by atoms with Gasteiger partial charge in [0.05, 0.1) is 11.9 Å². The van der Waals surface area contributed by atoms with Gasteiger partial charge in [-0.05, 0) is 19.2 Å². The third-order valence-corrected chi connectivity index (χ3v) is 3.75. The minimum absolute atomic E-state index is 0.755. The summed E-state index contributed by atoms with van der Waals surface area (Å²) < 4.78 is 0. The number of nitrogens with one attached hydrogen (secondary N) is 1. The maximum absolute atomic E-state index is 4.67. The van der Waals surface area contributed by atoms with Gasteiger partial charge in [0.25, 0.3) is 0 Å². The molecule has 1 aromatic heterocycles. The molecular weight excluding hydrogens is 262 g/mol. The lowest BCUT2D eigenvalue weighted by Crippen LogP contribution is -2.46. The highest BCUT2D eigenvalue weighted by atomic mass is 15.3. The standard InChI is InChI=1S/C16H21N5/c1-17-11-14-12-18-13-16(19-14)21-9-7-20(8-10-21)15-5-3-2-4-6-15/h2-6,12-13,17H,7-11H2,1H3. The van der Waals surface area contributed by atoms with Gasteiger partial charge < -0.3 is 15.1 Å². The number of para-hydroxylation sites is 1. The van der Waals surface area contributed by atoms with Crippen LogP contribution in [0, 0.1) is 0 Å². The normalized spacial score (nSPS) is 15.3. The zero-order valence-corrected chi connectivity index (χ0v) is 12.4. The number of nitrogens with zero attached hydrogens (tertiary/aromatic N) is 4. The molecule has 0 radical (unpaired) electrons. The maximum atomic E-state index is 4.67. The van der Waals surface area contributed by atoms with Crippen LogP contribution in [0.1, 0.15) is 5.69 Å². The Kier molecular flexibility index (Phi) is 4.31. The first-order valence-corrected chi connectivity index (χ1v) is 7.37. The summed E-state index contributed by atoms with van der Waals surface area (Å²) in [4.78, 5) is 13.7. The Hall–Kier alpha value is -2.14. The van der Waals surface area contributed by atoms with Crippen LogP contribution in [-0.2, 0) is 6.54 Å². The van der Waals surface area contributed by atoms with Crippen LogP contribution in [0.4, 0.5) is 11.5 Å². The largest absolute Gasteiger partial charge is 0.368 e. The van der Waals surface area contributed by atoms with Crippen molar-refractivity contribution in [3.8, 4) is 0 Å². The van der Waals surface area contributed by atoms with Crippen LogP contribution in [0.3, 0.4) is 0 Å². The van der Waals surface area contributed by atoms with Gasteiger partial charge in [0.2, 0.25) is 0 Å². The molecule has 1 N–H and O–H groups in total. The highest BCUT2D eigenvalue weighted by Gasteiger charge is 2.18. The van der Waals surface area contributed by atoms with Crippen LogP contribution in [-0.4, -0.2) is 43.2 Å². The average Bonchev–Trinajstić information content (AvgIpc) is 2.56. The summed E-state index contributed by atoms with van der Waals surface area (Å²) in [6, 6.07) is 10.6. The molecule has 0 atom stereocenters. The molecule has 110 valence electrons. The molecule has 1 fully saturated rings. The first kappa shape index (κ1) is 13.8. The van der Waals surface area contributed by atoms with Crippen LogP contribution < -0.4 is 15.1 Å². The summed E-state index contributed by atoms with van der Waals surface area (Å²) in [6.07, 6.45) is 3.68. The zero-order valence-electron chi connectivity index (χ0n) is 12.4. The van der Waals surface area contributed by atoms with E-state index < -0.39 is 0 Å². The van der Waals surface area contributed by atoms with Crippen molar-refractivity contribution in [2.75, 3.05) is 43.0 Å². The molecular formula is C16H21N5. The molecule has 2 aromatic rings. The first-order valence-electron chi connectivity index (χ1n) is 7.37. The van der Waals surface area contributed by atoms with E-state index in [1.54, 1.807) is 0 Å². The quantitative estimate of drug-likeness (QED) is 0.922. The maximum Gasteiger partial charge on any atom is 0.147 e. The van der Waals surface area contributed by atoms with Crippen LogP contribution in [0.15, 0.2) is 42.7 Å². The third kappa shape index (κ3) is 3.31. The van der Waals surface area contributed by atoms with E-state index in [-0.39, 0.29) is 0 Å². The Morgan fingerprint density at radius 2 is 1.71 bits per heavy atom. The fourth-order valence-corrected chi connectivity index (χ4v) is 2.65. The molecule has 2 heterocycles. The summed E-state index contributed by atoms with van der Waals surface area (Å²) in [5.74, 6) is 0.982. The third-order valence-electron chi connectivity index (χ3n) is 3.75. The smallest absolute Gasteiger partial charge is 0.147 e. The van der Waals surface area contributed by atoms with E-state index in [9.17, 15) is 0 Å². The van der Waals surface area contributed by atoms with Gasteiger partial charge >= 0.3 is 0 Å². The summed E-state index contributed by atoms with van der Waals surface area (Å²) >= 11 is 0. The Balaban J connectivity index is 1.64. The number of benzene rings is 1. The lowest BCUT2D eigenvalue weighted by molar-refractivity contribution is 0.643. The Labute approximate surface area is 125 Å². The van der Waals surface area contributed by atoms with E-state index in [0.29, 0.717) is 0 Å². The topological polar surface area (TPSA) is 44.3 Å². The lowest BCUT2D eigenvalue weighted by Gasteiger charge is -2.36. The minimum atomic E-state index is 0.755. The SMILES string of the molecule is CNCc1cncc(N2CCN(c3ccccc3)CC2)n1. The van der Waals surface area contributed by atoms with Gasteiger partial charge in [-0.2, -0.15) is 0 Å². The summed E-state index contributed by atoms with van der Waals surface area (Å²) in [7, 11) is 1.92. The fraction of sp³-hybridized carbons (Fsp3) is 0.375. The molecule has 1 aliphatic rings. The van der Waals surface area contributed by atoms with E-state index in [2.05, 4.69) is 55.4 Å².